The Labute approximate surface area is 430 Å². The molecule has 15 atom stereocenters. The topological polar surface area (TPSA) is 273 Å². The Morgan fingerprint density at radius 3 is 1.23 bits per heavy atom. The third-order valence-electron chi connectivity index (χ3n) is 15.5. The number of aliphatic hydroxyl groups is 10. The van der Waals surface area contributed by atoms with Crippen LogP contribution in [0.1, 0.15) is 245 Å². The van der Waals surface area contributed by atoms with Crippen molar-refractivity contribution < 1.29 is 70.1 Å². The number of ketones is 1. The van der Waals surface area contributed by atoms with Crippen LogP contribution in [0.5, 0.6) is 0 Å². The van der Waals surface area contributed by atoms with Crippen molar-refractivity contribution in [3.8, 4) is 0 Å². The van der Waals surface area contributed by atoms with Crippen molar-refractivity contribution in [1.29, 1.82) is 0 Å². The summed E-state index contributed by atoms with van der Waals surface area (Å²) in [6.07, 6.45) is 19.1. The van der Waals surface area contributed by atoms with Crippen LogP contribution in [0, 0.1) is 5.92 Å². The van der Waals surface area contributed by atoms with Gasteiger partial charge in [0.2, 0.25) is 0 Å². The van der Waals surface area contributed by atoms with E-state index in [1.807, 2.05) is 0 Å². The lowest BCUT2D eigenvalue weighted by atomic mass is 9.80. The summed E-state index contributed by atoms with van der Waals surface area (Å²) in [5.74, 6) is -1.21. The molecule has 0 radical (unpaired) electrons. The summed E-state index contributed by atoms with van der Waals surface area (Å²) < 4.78 is 17.4. The fraction of sp³-hybridized carbons (Fsp3) is 0.982. The second-order valence-corrected chi connectivity index (χ2v) is 21.6. The normalized spacial score (nSPS) is 27.1. The second-order valence-electron chi connectivity index (χ2n) is 21.6. The zero-order valence-electron chi connectivity index (χ0n) is 44.7. The summed E-state index contributed by atoms with van der Waals surface area (Å²) in [4.78, 5) is 13.9. The SMILES string of the molecule is CCCCCCCCCCCCCCCCCCCCCCCCCC(=O)C(O[C@H]1O[C@H](CO)[C@H](O)[C@H](O)[C@H]1O)[C@@H](N)[C@H](O)[C@H](O)CC(CCCCCCCCCCCC)[C@H]1O[C@H](CO)[C@@H](O)[C@H](O)[C@H]1O. The van der Waals surface area contributed by atoms with Gasteiger partial charge in [0.15, 0.2) is 12.1 Å². The van der Waals surface area contributed by atoms with Gasteiger partial charge in [-0.05, 0) is 25.2 Å². The number of hydrogen-bond acceptors (Lipinski definition) is 15. The van der Waals surface area contributed by atoms with E-state index in [-0.39, 0.29) is 12.8 Å². The quantitative estimate of drug-likeness (QED) is 0.0267. The average Bonchev–Trinajstić information content (AvgIpc) is 3.37. The third kappa shape index (κ3) is 26.6. The molecule has 2 aliphatic rings. The van der Waals surface area contributed by atoms with Crippen LogP contribution in [0.4, 0.5) is 0 Å². The lowest BCUT2D eigenvalue weighted by Gasteiger charge is -2.44. The fourth-order valence-electron chi connectivity index (χ4n) is 10.6. The van der Waals surface area contributed by atoms with Crippen molar-refractivity contribution in [3.05, 3.63) is 0 Å². The molecule has 0 saturated carbocycles. The Kier molecular flexibility index (Phi) is 38.5. The van der Waals surface area contributed by atoms with Gasteiger partial charge in [0.05, 0.1) is 37.6 Å². The van der Waals surface area contributed by atoms with E-state index >= 15 is 0 Å². The number of ether oxygens (including phenoxy) is 3. The molecule has 0 spiro atoms. The highest BCUT2D eigenvalue weighted by molar-refractivity contribution is 5.84. The summed E-state index contributed by atoms with van der Waals surface area (Å²) in [6, 6.07) is -1.58. The average molecular weight is 1020 g/mol. The maximum atomic E-state index is 13.9. The van der Waals surface area contributed by atoms with Crippen LogP contribution in [-0.4, -0.2) is 156 Å². The highest BCUT2D eigenvalue weighted by Crippen LogP contribution is 2.33. The molecule has 15 nitrogen and oxygen atoms in total. The minimum atomic E-state index is -1.84. The monoisotopic (exact) mass is 1020 g/mol. The Morgan fingerprint density at radius 1 is 0.479 bits per heavy atom. The molecule has 2 aliphatic heterocycles. The maximum absolute atomic E-state index is 13.9. The van der Waals surface area contributed by atoms with E-state index in [2.05, 4.69) is 13.8 Å². The molecule has 422 valence electrons. The Hall–Kier alpha value is -0.890. The van der Waals surface area contributed by atoms with E-state index in [0.29, 0.717) is 19.3 Å². The van der Waals surface area contributed by atoms with Crippen LogP contribution < -0.4 is 5.73 Å². The third-order valence-corrected chi connectivity index (χ3v) is 15.5. The van der Waals surface area contributed by atoms with Crippen molar-refractivity contribution >= 4 is 5.78 Å². The molecule has 2 fully saturated rings. The van der Waals surface area contributed by atoms with E-state index in [9.17, 15) is 55.9 Å². The first-order valence-corrected chi connectivity index (χ1v) is 29.2. The smallest absolute Gasteiger partial charge is 0.187 e. The summed E-state index contributed by atoms with van der Waals surface area (Å²) in [5.41, 5.74) is 6.57. The summed E-state index contributed by atoms with van der Waals surface area (Å²) >= 11 is 0. The van der Waals surface area contributed by atoms with E-state index in [1.165, 1.54) is 148 Å². The number of Topliss-reactive ketones (excluding diaryl/α,β-unsaturated/α-hetero) is 1. The molecule has 2 unspecified atom stereocenters. The lowest BCUT2D eigenvalue weighted by Crippen LogP contribution is -2.62. The van der Waals surface area contributed by atoms with E-state index in [0.717, 1.165) is 51.4 Å². The molecule has 0 amide bonds. The first kappa shape index (κ1) is 66.2. The molecule has 2 heterocycles. The van der Waals surface area contributed by atoms with Crippen LogP contribution in [0.2, 0.25) is 0 Å². The molecule has 2 saturated heterocycles. The Bertz CT molecular complexity index is 1250. The number of unbranched alkanes of at least 4 members (excludes halogenated alkanes) is 31. The van der Waals surface area contributed by atoms with Gasteiger partial charge in [0, 0.05) is 6.42 Å². The van der Waals surface area contributed by atoms with Gasteiger partial charge in [-0.15, -0.1) is 0 Å². The van der Waals surface area contributed by atoms with Gasteiger partial charge in [0.25, 0.3) is 0 Å². The van der Waals surface area contributed by atoms with Crippen LogP contribution >= 0.6 is 0 Å². The van der Waals surface area contributed by atoms with Crippen molar-refractivity contribution in [1.82, 2.24) is 0 Å². The lowest BCUT2D eigenvalue weighted by molar-refractivity contribution is -0.311. The number of hydrogen-bond donors (Lipinski definition) is 11. The second kappa shape index (κ2) is 41.3. The molecule has 2 rings (SSSR count). The number of rotatable bonds is 46. The van der Waals surface area contributed by atoms with Gasteiger partial charge in [0.1, 0.15) is 54.9 Å². The van der Waals surface area contributed by atoms with Crippen LogP contribution in [0.25, 0.3) is 0 Å². The van der Waals surface area contributed by atoms with Crippen LogP contribution in [0.15, 0.2) is 0 Å². The van der Waals surface area contributed by atoms with Gasteiger partial charge in [-0.25, -0.2) is 0 Å². The van der Waals surface area contributed by atoms with E-state index in [1.54, 1.807) is 0 Å². The van der Waals surface area contributed by atoms with Crippen molar-refractivity contribution in [2.75, 3.05) is 13.2 Å². The molecule has 0 aromatic rings. The minimum Gasteiger partial charge on any atom is -0.394 e. The van der Waals surface area contributed by atoms with Gasteiger partial charge in [-0.3, -0.25) is 4.79 Å². The maximum Gasteiger partial charge on any atom is 0.187 e. The molecule has 12 N–H and O–H groups in total. The van der Waals surface area contributed by atoms with Gasteiger partial charge in [-0.2, -0.15) is 0 Å². The first-order chi connectivity index (χ1) is 34.3. The molecular weight excluding hydrogens is 911 g/mol. The first-order valence-electron chi connectivity index (χ1n) is 29.2. The molecular formula is C56H109NO14. The molecule has 0 aliphatic carbocycles. The summed E-state index contributed by atoms with van der Waals surface area (Å²) in [5, 5.41) is 107. The predicted octanol–water partition coefficient (Wildman–Crippen LogP) is 7.33. The summed E-state index contributed by atoms with van der Waals surface area (Å²) in [6.45, 7) is 3.11. The van der Waals surface area contributed by atoms with Crippen molar-refractivity contribution in [2.45, 2.75) is 331 Å². The highest BCUT2D eigenvalue weighted by Gasteiger charge is 2.49. The summed E-state index contributed by atoms with van der Waals surface area (Å²) in [7, 11) is 0. The Morgan fingerprint density at radius 2 is 0.831 bits per heavy atom. The van der Waals surface area contributed by atoms with E-state index in [4.69, 9.17) is 19.9 Å². The number of nitrogens with two attached hydrogens (primary N) is 1. The van der Waals surface area contributed by atoms with Crippen molar-refractivity contribution in [3.63, 3.8) is 0 Å². The van der Waals surface area contributed by atoms with Crippen LogP contribution in [0.3, 0.4) is 0 Å². The standard InChI is InChI=1S/C56H109NO14/c1-3-5-7-9-11-13-15-16-17-18-19-20-21-22-23-24-25-26-27-29-31-33-35-37-42(60)55(71-56-53(68)51(66)49(64)45(40-59)70-56)46(57)47(62)43(61)38-41(36-34-32-30-28-14-12-10-8-6-4-2)54-52(67)50(65)48(63)44(39-58)69-54/h41,43-56,58-59,61-68H,3-40,57H2,1-2H3/t41?,43-,44-,45-,46+,47-,48-,49+,50+,51+,52-,53-,54-,55?,56-/m1/s1. The molecule has 0 aromatic carbocycles. The van der Waals surface area contributed by atoms with Crippen molar-refractivity contribution in [2.24, 2.45) is 11.7 Å². The van der Waals surface area contributed by atoms with Crippen LogP contribution in [-0.2, 0) is 19.0 Å². The largest absolute Gasteiger partial charge is 0.394 e. The molecule has 0 aromatic heterocycles. The molecule has 15 heteroatoms. The number of aliphatic hydroxyl groups excluding tert-OH is 10. The number of carbonyl (C=O) groups excluding carboxylic acids is 1. The molecule has 71 heavy (non-hydrogen) atoms. The van der Waals surface area contributed by atoms with Gasteiger partial charge < -0.3 is 71.0 Å². The van der Waals surface area contributed by atoms with E-state index < -0.39 is 110 Å². The fourth-order valence-corrected chi connectivity index (χ4v) is 10.6. The number of carbonyl (C=O) groups is 1. The van der Waals surface area contributed by atoms with Gasteiger partial charge in [-0.1, -0.05) is 219 Å². The minimum absolute atomic E-state index is 0.00400. The van der Waals surface area contributed by atoms with Gasteiger partial charge >= 0.3 is 0 Å². The molecule has 0 bridgehead atoms. The predicted molar refractivity (Wildman–Crippen MR) is 278 cm³/mol. The zero-order valence-corrected chi connectivity index (χ0v) is 44.7. The zero-order chi connectivity index (χ0) is 52.2. The Balaban J connectivity index is 1.90. The highest BCUT2D eigenvalue weighted by atomic mass is 16.7.